The molecule has 190 valence electrons. The van der Waals surface area contributed by atoms with Crippen LogP contribution in [0, 0.1) is 5.92 Å². The molecule has 0 aliphatic carbocycles. The lowest BCUT2D eigenvalue weighted by atomic mass is 10.0. The number of amides is 1. The number of hydrogen-bond acceptors (Lipinski definition) is 5. The average Bonchev–Trinajstić information content (AvgIpc) is 2.87. The molecule has 1 amide bonds. The van der Waals surface area contributed by atoms with Gasteiger partial charge in [0, 0.05) is 0 Å². The van der Waals surface area contributed by atoms with E-state index in [0.29, 0.717) is 24.1 Å². The van der Waals surface area contributed by atoms with Crippen LogP contribution in [-0.4, -0.2) is 33.7 Å². The third kappa shape index (κ3) is 7.42. The van der Waals surface area contributed by atoms with Crippen LogP contribution < -0.4 is 14.5 Å². The molecular weight excluding hydrogens is 474 g/mol. The van der Waals surface area contributed by atoms with Crippen molar-refractivity contribution in [3.63, 3.8) is 0 Å². The summed E-state index contributed by atoms with van der Waals surface area (Å²) < 4.78 is 33.6. The number of benzene rings is 3. The molecule has 3 rings (SSSR count). The smallest absolute Gasteiger partial charge is 0.264 e. The number of sulfonamides is 1. The average molecular weight is 508 g/mol. The Morgan fingerprint density at radius 1 is 0.944 bits per heavy atom. The Hall–Kier alpha value is -3.65. The molecule has 1 N–H and O–H groups in total. The van der Waals surface area contributed by atoms with E-state index in [1.54, 1.807) is 30.3 Å². The van der Waals surface area contributed by atoms with Gasteiger partial charge in [0.25, 0.3) is 15.9 Å². The molecular formula is C28H33N3O4S. The van der Waals surface area contributed by atoms with Gasteiger partial charge in [-0.05, 0) is 71.5 Å². The second-order valence-electron chi connectivity index (χ2n) is 9.14. The van der Waals surface area contributed by atoms with E-state index in [4.69, 9.17) is 4.74 Å². The molecule has 0 fully saturated rings. The summed E-state index contributed by atoms with van der Waals surface area (Å²) >= 11 is 0. The first-order valence-electron chi connectivity index (χ1n) is 11.9. The maximum absolute atomic E-state index is 13.4. The number of carbonyl (C=O) groups excluding carboxylic acids is 1. The number of anilines is 1. The van der Waals surface area contributed by atoms with Gasteiger partial charge in [0.1, 0.15) is 12.3 Å². The maximum atomic E-state index is 13.4. The van der Waals surface area contributed by atoms with E-state index in [1.807, 2.05) is 36.4 Å². The molecule has 0 heterocycles. The molecule has 0 bridgehead atoms. The van der Waals surface area contributed by atoms with Gasteiger partial charge >= 0.3 is 0 Å². The second-order valence-corrected chi connectivity index (χ2v) is 11.0. The van der Waals surface area contributed by atoms with Crippen LogP contribution >= 0.6 is 0 Å². The van der Waals surface area contributed by atoms with E-state index >= 15 is 0 Å². The van der Waals surface area contributed by atoms with Crippen LogP contribution in [0.15, 0.2) is 88.9 Å². The van der Waals surface area contributed by atoms with Gasteiger partial charge in [-0.2, -0.15) is 5.10 Å². The first kappa shape index (κ1) is 26.9. The molecule has 36 heavy (non-hydrogen) atoms. The van der Waals surface area contributed by atoms with Crippen LogP contribution in [0.25, 0.3) is 0 Å². The Bertz CT molecular complexity index is 1250. The Kier molecular flexibility index (Phi) is 9.25. The molecule has 0 saturated heterocycles. The zero-order chi connectivity index (χ0) is 26.1. The summed E-state index contributed by atoms with van der Waals surface area (Å²) in [7, 11) is -3.97. The first-order chi connectivity index (χ1) is 17.2. The van der Waals surface area contributed by atoms with Crippen LogP contribution in [0.2, 0.25) is 0 Å². The third-order valence-corrected chi connectivity index (χ3v) is 7.12. The minimum Gasteiger partial charge on any atom is -0.493 e. The zero-order valence-corrected chi connectivity index (χ0v) is 21.9. The van der Waals surface area contributed by atoms with E-state index in [9.17, 15) is 13.2 Å². The summed E-state index contributed by atoms with van der Waals surface area (Å²) in [6.45, 7) is 8.49. The summed E-state index contributed by atoms with van der Waals surface area (Å²) in [5.41, 5.74) is 4.68. The largest absolute Gasteiger partial charge is 0.493 e. The fourth-order valence-electron chi connectivity index (χ4n) is 3.32. The van der Waals surface area contributed by atoms with Crippen LogP contribution in [0.5, 0.6) is 5.75 Å². The quantitative estimate of drug-likeness (QED) is 0.286. The van der Waals surface area contributed by atoms with Crippen LogP contribution in [0.4, 0.5) is 5.69 Å². The molecule has 0 aromatic heterocycles. The van der Waals surface area contributed by atoms with Gasteiger partial charge in [-0.3, -0.25) is 9.10 Å². The number of carbonyl (C=O) groups is 1. The summed E-state index contributed by atoms with van der Waals surface area (Å²) in [5, 5.41) is 4.00. The second kappa shape index (κ2) is 12.4. The standard InChI is InChI=1S/C28H33N3O4S/c1-21(2)20-35-26-16-10-23(11-17-26)18-29-30-28(32)19-31(25-14-12-24(13-15-25)22(3)4)36(33,34)27-8-6-5-7-9-27/h5-18,21-22H,19-20H2,1-4H3,(H,30,32)/b29-18+. The minimum absolute atomic E-state index is 0.106. The van der Waals surface area contributed by atoms with Crippen molar-refractivity contribution in [3.8, 4) is 5.75 Å². The van der Waals surface area contributed by atoms with Crippen molar-refractivity contribution in [2.75, 3.05) is 17.5 Å². The molecule has 0 unspecified atom stereocenters. The minimum atomic E-state index is -3.97. The van der Waals surface area contributed by atoms with Crippen molar-refractivity contribution < 1.29 is 17.9 Å². The van der Waals surface area contributed by atoms with E-state index in [0.717, 1.165) is 21.2 Å². The highest BCUT2D eigenvalue weighted by Gasteiger charge is 2.27. The molecule has 3 aromatic rings. The fraction of sp³-hybridized carbons (Fsp3) is 0.286. The molecule has 0 spiro atoms. The summed E-state index contributed by atoms with van der Waals surface area (Å²) in [5.74, 6) is 0.928. The molecule has 0 radical (unpaired) electrons. The predicted molar refractivity (Wildman–Crippen MR) is 144 cm³/mol. The predicted octanol–water partition coefficient (Wildman–Crippen LogP) is 5.19. The van der Waals surface area contributed by atoms with E-state index in [-0.39, 0.29) is 4.90 Å². The van der Waals surface area contributed by atoms with E-state index in [1.165, 1.54) is 18.3 Å². The normalized spacial score (nSPS) is 11.7. The number of hydrazone groups is 1. The Balaban J connectivity index is 1.73. The highest BCUT2D eigenvalue weighted by molar-refractivity contribution is 7.92. The van der Waals surface area contributed by atoms with Gasteiger partial charge in [0.2, 0.25) is 0 Å². The topological polar surface area (TPSA) is 88.1 Å². The molecule has 3 aromatic carbocycles. The first-order valence-corrected chi connectivity index (χ1v) is 13.3. The van der Waals surface area contributed by atoms with Gasteiger partial charge in [-0.1, -0.05) is 58.0 Å². The number of nitrogens with zero attached hydrogens (tertiary/aromatic N) is 2. The Labute approximate surface area is 213 Å². The van der Waals surface area contributed by atoms with Crippen molar-refractivity contribution in [1.82, 2.24) is 5.43 Å². The van der Waals surface area contributed by atoms with Crippen LogP contribution in [0.3, 0.4) is 0 Å². The van der Waals surface area contributed by atoms with E-state index < -0.39 is 22.5 Å². The molecule has 8 heteroatoms. The van der Waals surface area contributed by atoms with Crippen LogP contribution in [0.1, 0.15) is 44.7 Å². The Morgan fingerprint density at radius 2 is 1.58 bits per heavy atom. The fourth-order valence-corrected chi connectivity index (χ4v) is 4.76. The third-order valence-electron chi connectivity index (χ3n) is 5.33. The lowest BCUT2D eigenvalue weighted by Gasteiger charge is -2.24. The molecule has 0 atom stereocenters. The van der Waals surface area contributed by atoms with Gasteiger partial charge in [-0.15, -0.1) is 0 Å². The van der Waals surface area contributed by atoms with Gasteiger partial charge in [-0.25, -0.2) is 13.8 Å². The molecule has 7 nitrogen and oxygen atoms in total. The van der Waals surface area contributed by atoms with Crippen LogP contribution in [-0.2, 0) is 14.8 Å². The molecule has 0 aliphatic heterocycles. The van der Waals surface area contributed by atoms with Crippen molar-refractivity contribution in [2.45, 2.75) is 38.5 Å². The Morgan fingerprint density at radius 3 is 2.17 bits per heavy atom. The lowest BCUT2D eigenvalue weighted by molar-refractivity contribution is -0.119. The van der Waals surface area contributed by atoms with Gasteiger partial charge in [0.15, 0.2) is 0 Å². The summed E-state index contributed by atoms with van der Waals surface area (Å²) in [4.78, 5) is 12.8. The highest BCUT2D eigenvalue weighted by Crippen LogP contribution is 2.25. The van der Waals surface area contributed by atoms with Crippen molar-refractivity contribution >= 4 is 27.8 Å². The SMILES string of the molecule is CC(C)COc1ccc(/C=N/NC(=O)CN(c2ccc(C(C)C)cc2)S(=O)(=O)c2ccccc2)cc1. The number of hydrogen-bond donors (Lipinski definition) is 1. The van der Waals surface area contributed by atoms with Gasteiger partial charge in [0.05, 0.1) is 23.4 Å². The summed E-state index contributed by atoms with van der Waals surface area (Å²) in [6.07, 6.45) is 1.50. The van der Waals surface area contributed by atoms with E-state index in [2.05, 4.69) is 38.2 Å². The number of rotatable bonds is 11. The summed E-state index contributed by atoms with van der Waals surface area (Å²) in [6, 6.07) is 22.6. The van der Waals surface area contributed by atoms with Crippen molar-refractivity contribution in [1.29, 1.82) is 0 Å². The number of ether oxygens (including phenoxy) is 1. The number of nitrogens with one attached hydrogen (secondary N) is 1. The monoisotopic (exact) mass is 507 g/mol. The molecule has 0 saturated carbocycles. The van der Waals surface area contributed by atoms with Crippen molar-refractivity contribution in [2.24, 2.45) is 11.0 Å². The molecule has 0 aliphatic rings. The van der Waals surface area contributed by atoms with Gasteiger partial charge < -0.3 is 4.74 Å². The zero-order valence-electron chi connectivity index (χ0n) is 21.1. The maximum Gasteiger partial charge on any atom is 0.264 e. The highest BCUT2D eigenvalue weighted by atomic mass is 32.2. The lowest BCUT2D eigenvalue weighted by Crippen LogP contribution is -2.39. The van der Waals surface area contributed by atoms with Crippen molar-refractivity contribution in [3.05, 3.63) is 90.0 Å².